The smallest absolute Gasteiger partial charge is 0.229 e. The molecule has 0 aromatic carbocycles. The lowest BCUT2D eigenvalue weighted by atomic mass is 10.1. The summed E-state index contributed by atoms with van der Waals surface area (Å²) >= 11 is 1.57. The first-order chi connectivity index (χ1) is 9.74. The molecule has 1 amide bonds. The second-order valence-corrected chi connectivity index (χ2v) is 5.79. The van der Waals surface area contributed by atoms with E-state index in [1.807, 2.05) is 23.3 Å². The monoisotopic (exact) mass is 292 g/mol. The Balaban J connectivity index is 1.74. The van der Waals surface area contributed by atoms with Crippen LogP contribution in [-0.2, 0) is 16.0 Å². The first-order valence-corrected chi connectivity index (χ1v) is 7.39. The van der Waals surface area contributed by atoms with E-state index in [0.29, 0.717) is 26.2 Å². The van der Waals surface area contributed by atoms with Crippen molar-refractivity contribution < 1.29 is 9.53 Å². The highest BCUT2D eigenvalue weighted by molar-refractivity contribution is 7.09. The Hall–Kier alpha value is -1.73. The molecule has 0 radical (unpaired) electrons. The Kier molecular flexibility index (Phi) is 3.79. The Bertz CT molecular complexity index is 581. The third kappa shape index (κ3) is 2.73. The number of hydrogen-bond acceptors (Lipinski definition) is 5. The molecule has 6 nitrogen and oxygen atoms in total. The van der Waals surface area contributed by atoms with E-state index in [4.69, 9.17) is 4.74 Å². The minimum Gasteiger partial charge on any atom is -0.377 e. The summed E-state index contributed by atoms with van der Waals surface area (Å²) in [5.74, 6) is 0.0817. The number of rotatable bonds is 3. The van der Waals surface area contributed by atoms with Crippen LogP contribution in [0.1, 0.15) is 22.4 Å². The minimum atomic E-state index is -0.0847. The zero-order chi connectivity index (χ0) is 13.9. The van der Waals surface area contributed by atoms with E-state index < -0.39 is 0 Å². The quantitative estimate of drug-likeness (QED) is 0.926. The van der Waals surface area contributed by atoms with Crippen molar-refractivity contribution in [3.63, 3.8) is 0 Å². The predicted molar refractivity (Wildman–Crippen MR) is 74.4 cm³/mol. The molecular weight excluding hydrogens is 276 g/mol. The maximum atomic E-state index is 12.5. The minimum absolute atomic E-state index is 0.0817. The highest BCUT2D eigenvalue weighted by atomic mass is 32.1. The van der Waals surface area contributed by atoms with E-state index in [1.54, 1.807) is 17.5 Å². The zero-order valence-corrected chi connectivity index (χ0v) is 12.0. The number of H-pyrrole nitrogens is 1. The van der Waals surface area contributed by atoms with Crippen LogP contribution in [0.4, 0.5) is 0 Å². The first kappa shape index (κ1) is 13.3. The summed E-state index contributed by atoms with van der Waals surface area (Å²) in [6, 6.07) is 1.80. The zero-order valence-electron chi connectivity index (χ0n) is 11.2. The van der Waals surface area contributed by atoms with Gasteiger partial charge < -0.3 is 9.64 Å². The number of ether oxygens (including phenoxy) is 1. The predicted octanol–water partition coefficient (Wildman–Crippen LogP) is 1.32. The third-order valence-electron chi connectivity index (χ3n) is 3.33. The molecule has 3 heterocycles. The maximum absolute atomic E-state index is 12.5. The van der Waals surface area contributed by atoms with Crippen molar-refractivity contribution in [2.24, 2.45) is 0 Å². The van der Waals surface area contributed by atoms with Crippen LogP contribution >= 0.6 is 11.3 Å². The molecule has 7 heteroatoms. The summed E-state index contributed by atoms with van der Waals surface area (Å²) in [5.41, 5.74) is 1.75. The van der Waals surface area contributed by atoms with E-state index in [2.05, 4.69) is 15.2 Å². The molecule has 1 fully saturated rings. The van der Waals surface area contributed by atoms with Crippen molar-refractivity contribution in [1.29, 1.82) is 0 Å². The number of aromatic amines is 1. The number of nitrogens with one attached hydrogen (secondary N) is 1. The molecular formula is C13H16N4O2S. The van der Waals surface area contributed by atoms with Gasteiger partial charge in [-0.15, -0.1) is 11.3 Å². The van der Waals surface area contributed by atoms with E-state index in [0.717, 1.165) is 16.4 Å². The lowest BCUT2D eigenvalue weighted by Crippen LogP contribution is -2.44. The van der Waals surface area contributed by atoms with Gasteiger partial charge >= 0.3 is 0 Å². The number of hydrogen-bond donors (Lipinski definition) is 1. The average Bonchev–Trinajstić information content (AvgIpc) is 3.10. The number of aromatic nitrogens is 3. The maximum Gasteiger partial charge on any atom is 0.229 e. The number of amides is 1. The summed E-state index contributed by atoms with van der Waals surface area (Å²) in [7, 11) is 0. The molecule has 3 rings (SSSR count). The molecule has 20 heavy (non-hydrogen) atoms. The van der Waals surface area contributed by atoms with Crippen molar-refractivity contribution in [2.45, 2.75) is 19.4 Å². The highest BCUT2D eigenvalue weighted by Gasteiger charge is 2.29. The van der Waals surface area contributed by atoms with E-state index in [9.17, 15) is 4.79 Å². The molecule has 0 saturated carbocycles. The Labute approximate surface area is 120 Å². The van der Waals surface area contributed by atoms with E-state index in [1.165, 1.54) is 0 Å². The number of thiazole rings is 1. The van der Waals surface area contributed by atoms with Gasteiger partial charge in [0.2, 0.25) is 5.91 Å². The highest BCUT2D eigenvalue weighted by Crippen LogP contribution is 2.23. The molecule has 2 aromatic rings. The molecule has 0 unspecified atom stereocenters. The van der Waals surface area contributed by atoms with Gasteiger partial charge in [-0.05, 0) is 13.0 Å². The second-order valence-electron chi connectivity index (χ2n) is 4.72. The fourth-order valence-corrected chi connectivity index (χ4v) is 2.97. The van der Waals surface area contributed by atoms with E-state index in [-0.39, 0.29) is 11.9 Å². The van der Waals surface area contributed by atoms with Gasteiger partial charge in [-0.3, -0.25) is 9.89 Å². The summed E-state index contributed by atoms with van der Waals surface area (Å²) in [4.78, 5) is 18.7. The van der Waals surface area contributed by atoms with Gasteiger partial charge in [-0.2, -0.15) is 5.10 Å². The first-order valence-electron chi connectivity index (χ1n) is 6.51. The number of carbonyl (C=O) groups excluding carboxylic acids is 1. The van der Waals surface area contributed by atoms with Gasteiger partial charge in [0, 0.05) is 18.1 Å². The Morgan fingerprint density at radius 1 is 1.65 bits per heavy atom. The van der Waals surface area contributed by atoms with Crippen molar-refractivity contribution >= 4 is 17.2 Å². The fourth-order valence-electron chi connectivity index (χ4n) is 2.36. The molecule has 1 aliphatic rings. The molecule has 0 spiro atoms. The molecule has 1 saturated heterocycles. The van der Waals surface area contributed by atoms with Crippen LogP contribution < -0.4 is 0 Å². The molecule has 0 aliphatic carbocycles. The Morgan fingerprint density at radius 2 is 2.55 bits per heavy atom. The molecule has 1 aliphatic heterocycles. The normalized spacial score (nSPS) is 19.2. The standard InChI is InChI=1S/C13H16N4O2S/c1-9-15-10(8-20-9)6-13(18)17-4-5-19-7-12(17)11-2-3-14-16-11/h2-3,8,12H,4-7H2,1H3,(H,14,16)/t12-/m1/s1. The van der Waals surface area contributed by atoms with Crippen molar-refractivity contribution in [3.8, 4) is 0 Å². The molecule has 0 bridgehead atoms. The van der Waals surface area contributed by atoms with Gasteiger partial charge in [0.15, 0.2) is 0 Å². The number of nitrogens with zero attached hydrogens (tertiary/aromatic N) is 3. The largest absolute Gasteiger partial charge is 0.377 e. The molecule has 2 aromatic heterocycles. The summed E-state index contributed by atoms with van der Waals surface area (Å²) < 4.78 is 5.49. The van der Waals surface area contributed by atoms with Crippen LogP contribution in [-0.4, -0.2) is 45.7 Å². The van der Waals surface area contributed by atoms with Gasteiger partial charge in [-0.1, -0.05) is 0 Å². The lowest BCUT2D eigenvalue weighted by Gasteiger charge is -2.34. The van der Waals surface area contributed by atoms with Crippen LogP contribution in [0.15, 0.2) is 17.6 Å². The van der Waals surface area contributed by atoms with Gasteiger partial charge in [0.05, 0.1) is 42.1 Å². The van der Waals surface area contributed by atoms with Crippen LogP contribution in [0.5, 0.6) is 0 Å². The van der Waals surface area contributed by atoms with Crippen molar-refractivity contribution in [2.75, 3.05) is 19.8 Å². The SMILES string of the molecule is Cc1nc(CC(=O)N2CCOC[C@@H]2c2ccn[nH]2)cs1. The summed E-state index contributed by atoms with van der Waals surface area (Å²) in [6.45, 7) is 3.63. The van der Waals surface area contributed by atoms with Crippen molar-refractivity contribution in [1.82, 2.24) is 20.1 Å². The topological polar surface area (TPSA) is 71.1 Å². The second kappa shape index (κ2) is 5.72. The van der Waals surface area contributed by atoms with Crippen LogP contribution in [0.2, 0.25) is 0 Å². The van der Waals surface area contributed by atoms with Crippen LogP contribution in [0.25, 0.3) is 0 Å². The summed E-state index contributed by atoms with van der Waals surface area (Å²) in [5, 5.41) is 9.80. The number of aryl methyl sites for hydroxylation is 1. The van der Waals surface area contributed by atoms with Crippen LogP contribution in [0, 0.1) is 6.92 Å². The van der Waals surface area contributed by atoms with Gasteiger partial charge in [0.1, 0.15) is 0 Å². The molecule has 106 valence electrons. The van der Waals surface area contributed by atoms with Gasteiger partial charge in [0.25, 0.3) is 0 Å². The average molecular weight is 292 g/mol. The van der Waals surface area contributed by atoms with Crippen molar-refractivity contribution in [3.05, 3.63) is 34.0 Å². The molecule has 1 N–H and O–H groups in total. The number of morpholine rings is 1. The Morgan fingerprint density at radius 3 is 3.25 bits per heavy atom. The third-order valence-corrected chi connectivity index (χ3v) is 4.15. The fraction of sp³-hybridized carbons (Fsp3) is 0.462. The van der Waals surface area contributed by atoms with Crippen LogP contribution in [0.3, 0.4) is 0 Å². The number of carbonyl (C=O) groups is 1. The van der Waals surface area contributed by atoms with Gasteiger partial charge in [-0.25, -0.2) is 4.98 Å². The van der Waals surface area contributed by atoms with E-state index >= 15 is 0 Å². The molecule has 1 atom stereocenters. The lowest BCUT2D eigenvalue weighted by molar-refractivity contribution is -0.139. The summed E-state index contributed by atoms with van der Waals surface area (Å²) in [6.07, 6.45) is 2.03.